The zero-order valence-electron chi connectivity index (χ0n) is 14.8. The van der Waals surface area contributed by atoms with Gasteiger partial charge in [-0.3, -0.25) is 8.97 Å². The van der Waals surface area contributed by atoms with Crippen molar-refractivity contribution >= 4 is 5.65 Å². The second-order valence-corrected chi connectivity index (χ2v) is 6.23. The minimum Gasteiger partial charge on any atom is -0.487 e. The lowest BCUT2D eigenvalue weighted by Gasteiger charge is -2.06. The van der Waals surface area contributed by atoms with Gasteiger partial charge in [-0.1, -0.05) is 29.7 Å². The molecule has 132 valence electrons. The first kappa shape index (κ1) is 16.7. The summed E-state index contributed by atoms with van der Waals surface area (Å²) < 4.78 is 8.87. The molecule has 0 fully saturated rings. The van der Waals surface area contributed by atoms with Gasteiger partial charge in [0, 0.05) is 18.0 Å². The molecule has 0 saturated heterocycles. The third-order valence-corrected chi connectivity index (χ3v) is 4.27. The monoisotopic (exact) mass is 355 g/mol. The number of imidazole rings is 1. The molecular formula is C22H17N3O2. The number of benzene rings is 2. The van der Waals surface area contributed by atoms with Gasteiger partial charge in [0.25, 0.3) is 0 Å². The highest BCUT2D eigenvalue weighted by Gasteiger charge is 2.08. The first-order chi connectivity index (χ1) is 13.1. The van der Waals surface area contributed by atoms with Crippen LogP contribution in [0.15, 0.2) is 71.8 Å². The summed E-state index contributed by atoms with van der Waals surface area (Å²) in [7, 11) is 0. The van der Waals surface area contributed by atoms with Gasteiger partial charge in [-0.15, -0.1) is 6.42 Å². The minimum atomic E-state index is -0.176. The Morgan fingerprint density at radius 1 is 1.15 bits per heavy atom. The van der Waals surface area contributed by atoms with E-state index in [0.717, 1.165) is 16.8 Å². The van der Waals surface area contributed by atoms with Crippen LogP contribution in [0.25, 0.3) is 11.3 Å². The van der Waals surface area contributed by atoms with E-state index in [2.05, 4.69) is 10.9 Å². The molecule has 0 N–H and O–H groups in total. The summed E-state index contributed by atoms with van der Waals surface area (Å²) in [5, 5.41) is 0. The van der Waals surface area contributed by atoms with Gasteiger partial charge in [0.2, 0.25) is 0 Å². The number of nitrogens with zero attached hydrogens (tertiary/aromatic N) is 3. The molecule has 0 aliphatic carbocycles. The lowest BCUT2D eigenvalue weighted by atomic mass is 10.2. The van der Waals surface area contributed by atoms with Gasteiger partial charge < -0.3 is 4.74 Å². The molecule has 4 rings (SSSR count). The molecular weight excluding hydrogens is 338 g/mol. The standard InChI is InChI=1S/C22H17N3O2/c1-3-17-5-4-6-20(13-17)27-15-18-14-25-21(23-18)11-12-24(22(25)26)19-9-7-16(2)8-10-19/h1,4-14H,15H2,2H3. The number of hydrogen-bond acceptors (Lipinski definition) is 3. The molecule has 5 nitrogen and oxygen atoms in total. The summed E-state index contributed by atoms with van der Waals surface area (Å²) in [5.41, 5.74) is 3.78. The topological polar surface area (TPSA) is 48.5 Å². The van der Waals surface area contributed by atoms with Crippen LogP contribution in [0.5, 0.6) is 5.75 Å². The summed E-state index contributed by atoms with van der Waals surface area (Å²) in [6, 6.07) is 16.9. The summed E-state index contributed by atoms with van der Waals surface area (Å²) in [4.78, 5) is 17.3. The lowest BCUT2D eigenvalue weighted by Crippen LogP contribution is -2.24. The number of terminal acetylenes is 1. The van der Waals surface area contributed by atoms with Crippen LogP contribution in [-0.4, -0.2) is 14.0 Å². The van der Waals surface area contributed by atoms with Crippen molar-refractivity contribution in [1.82, 2.24) is 14.0 Å². The molecule has 27 heavy (non-hydrogen) atoms. The van der Waals surface area contributed by atoms with Crippen LogP contribution in [-0.2, 0) is 6.61 Å². The quantitative estimate of drug-likeness (QED) is 0.528. The fourth-order valence-electron chi connectivity index (χ4n) is 2.84. The number of aryl methyl sites for hydroxylation is 1. The van der Waals surface area contributed by atoms with Crippen LogP contribution >= 0.6 is 0 Å². The van der Waals surface area contributed by atoms with Gasteiger partial charge in [-0.05, 0) is 43.3 Å². The maximum atomic E-state index is 12.8. The summed E-state index contributed by atoms with van der Waals surface area (Å²) >= 11 is 0. The van der Waals surface area contributed by atoms with Crippen LogP contribution < -0.4 is 10.4 Å². The molecule has 0 amide bonds. The molecule has 0 aliphatic heterocycles. The van der Waals surface area contributed by atoms with E-state index in [1.807, 2.05) is 55.5 Å². The lowest BCUT2D eigenvalue weighted by molar-refractivity contribution is 0.302. The molecule has 0 atom stereocenters. The number of aromatic nitrogens is 3. The molecule has 0 radical (unpaired) electrons. The second-order valence-electron chi connectivity index (χ2n) is 6.23. The average molecular weight is 355 g/mol. The Morgan fingerprint density at radius 2 is 1.96 bits per heavy atom. The van der Waals surface area contributed by atoms with Gasteiger partial charge in [-0.2, -0.15) is 0 Å². The normalized spacial score (nSPS) is 10.7. The Kier molecular flexibility index (Phi) is 4.23. The van der Waals surface area contributed by atoms with E-state index in [0.29, 0.717) is 17.1 Å². The van der Waals surface area contributed by atoms with E-state index in [-0.39, 0.29) is 12.3 Å². The smallest absolute Gasteiger partial charge is 0.338 e. The molecule has 0 saturated carbocycles. The van der Waals surface area contributed by atoms with Crippen molar-refractivity contribution in [3.05, 3.63) is 94.3 Å². The number of rotatable bonds is 4. The van der Waals surface area contributed by atoms with Crippen molar-refractivity contribution < 1.29 is 4.74 Å². The number of ether oxygens (including phenoxy) is 1. The van der Waals surface area contributed by atoms with Gasteiger partial charge in [0.05, 0.1) is 11.4 Å². The first-order valence-corrected chi connectivity index (χ1v) is 8.50. The molecule has 0 unspecified atom stereocenters. The number of hydrogen-bond donors (Lipinski definition) is 0. The first-order valence-electron chi connectivity index (χ1n) is 8.50. The fraction of sp³-hybridized carbons (Fsp3) is 0.0909. The van der Waals surface area contributed by atoms with E-state index < -0.39 is 0 Å². The second kappa shape index (κ2) is 6.85. The summed E-state index contributed by atoms with van der Waals surface area (Å²) in [5.74, 6) is 3.24. The predicted molar refractivity (Wildman–Crippen MR) is 104 cm³/mol. The Balaban J connectivity index is 1.62. The Bertz CT molecular complexity index is 1210. The summed E-state index contributed by atoms with van der Waals surface area (Å²) in [6.45, 7) is 2.26. The van der Waals surface area contributed by atoms with E-state index in [9.17, 15) is 4.79 Å². The maximum absolute atomic E-state index is 12.8. The van der Waals surface area contributed by atoms with Crippen LogP contribution in [0.4, 0.5) is 0 Å². The largest absolute Gasteiger partial charge is 0.487 e. The fourth-order valence-corrected chi connectivity index (χ4v) is 2.84. The van der Waals surface area contributed by atoms with Gasteiger partial charge in [0.15, 0.2) is 0 Å². The SMILES string of the molecule is C#Cc1cccc(OCc2cn3c(=O)n(-c4ccc(C)cc4)ccc3n2)c1. The van der Waals surface area contributed by atoms with Gasteiger partial charge in [-0.25, -0.2) is 9.78 Å². The Hall–Kier alpha value is -3.78. The van der Waals surface area contributed by atoms with E-state index in [1.165, 1.54) is 4.40 Å². The molecule has 4 aromatic rings. The Labute approximate surface area is 156 Å². The van der Waals surface area contributed by atoms with Crippen LogP contribution in [0, 0.1) is 19.3 Å². The predicted octanol–water partition coefficient (Wildman–Crippen LogP) is 3.35. The van der Waals surface area contributed by atoms with E-state index in [4.69, 9.17) is 11.2 Å². The third-order valence-electron chi connectivity index (χ3n) is 4.27. The summed E-state index contributed by atoms with van der Waals surface area (Å²) in [6.07, 6.45) is 8.84. The third kappa shape index (κ3) is 3.33. The maximum Gasteiger partial charge on any atom is 0.338 e. The van der Waals surface area contributed by atoms with Crippen molar-refractivity contribution in [3.63, 3.8) is 0 Å². The zero-order valence-corrected chi connectivity index (χ0v) is 14.8. The van der Waals surface area contributed by atoms with Crippen LogP contribution in [0.2, 0.25) is 0 Å². The highest BCUT2D eigenvalue weighted by atomic mass is 16.5. The molecule has 2 aromatic carbocycles. The molecule has 2 heterocycles. The van der Waals surface area contributed by atoms with Gasteiger partial charge in [0.1, 0.15) is 18.0 Å². The van der Waals surface area contributed by atoms with Crippen molar-refractivity contribution in [2.24, 2.45) is 0 Å². The highest BCUT2D eigenvalue weighted by molar-refractivity contribution is 5.42. The van der Waals surface area contributed by atoms with E-state index >= 15 is 0 Å². The van der Waals surface area contributed by atoms with Gasteiger partial charge >= 0.3 is 5.69 Å². The molecule has 2 aromatic heterocycles. The van der Waals surface area contributed by atoms with Crippen molar-refractivity contribution in [1.29, 1.82) is 0 Å². The number of fused-ring (bicyclic) bond motifs is 1. The van der Waals surface area contributed by atoms with Crippen molar-refractivity contribution in [2.45, 2.75) is 13.5 Å². The highest BCUT2D eigenvalue weighted by Crippen LogP contribution is 2.15. The van der Waals surface area contributed by atoms with Crippen LogP contribution in [0.1, 0.15) is 16.8 Å². The van der Waals surface area contributed by atoms with E-state index in [1.54, 1.807) is 23.0 Å². The molecule has 0 aliphatic rings. The molecule has 0 bridgehead atoms. The zero-order chi connectivity index (χ0) is 18.8. The minimum absolute atomic E-state index is 0.176. The van der Waals surface area contributed by atoms with Crippen molar-refractivity contribution in [2.75, 3.05) is 0 Å². The average Bonchev–Trinajstić information content (AvgIpc) is 3.12. The van der Waals surface area contributed by atoms with Crippen LogP contribution in [0.3, 0.4) is 0 Å². The Morgan fingerprint density at radius 3 is 2.74 bits per heavy atom. The molecule has 5 heteroatoms. The molecule has 0 spiro atoms. The van der Waals surface area contributed by atoms with Crippen molar-refractivity contribution in [3.8, 4) is 23.8 Å².